The first-order valence-electron chi connectivity index (χ1n) is 6.22. The number of hydrogen-bond acceptors (Lipinski definition) is 5. The number of carbonyl (C=O) groups excluding carboxylic acids is 1. The zero-order chi connectivity index (χ0) is 15.7. The van der Waals surface area contributed by atoms with Crippen LogP contribution in [0.25, 0.3) is 6.08 Å². The molecule has 0 aliphatic rings. The monoisotopic (exact) mass is 289 g/mol. The second-order valence-corrected chi connectivity index (χ2v) is 4.12. The summed E-state index contributed by atoms with van der Waals surface area (Å²) in [5, 5.41) is 22.1. The Morgan fingerprint density at radius 2 is 2.14 bits per heavy atom. The molecule has 0 heterocycles. The van der Waals surface area contributed by atoms with Crippen LogP contribution in [0.4, 0.5) is 5.69 Å². The Balaban J connectivity index is 2.72. The van der Waals surface area contributed by atoms with E-state index in [1.807, 2.05) is 6.07 Å². The van der Waals surface area contributed by atoms with Gasteiger partial charge in [0.1, 0.15) is 11.6 Å². The van der Waals surface area contributed by atoms with Gasteiger partial charge in [-0.1, -0.05) is 0 Å². The maximum Gasteiger partial charge on any atom is 0.269 e. The average molecular weight is 289 g/mol. The smallest absolute Gasteiger partial charge is 0.269 e. The number of nitrogens with zero attached hydrogens (tertiary/aromatic N) is 2. The Bertz CT molecular complexity index is 573. The molecule has 7 heteroatoms. The Morgan fingerprint density at radius 1 is 1.48 bits per heavy atom. The molecule has 1 amide bonds. The summed E-state index contributed by atoms with van der Waals surface area (Å²) < 4.78 is 4.85. The average Bonchev–Trinajstić information content (AvgIpc) is 2.49. The fourth-order valence-electron chi connectivity index (χ4n) is 1.52. The highest BCUT2D eigenvalue weighted by molar-refractivity contribution is 6.01. The third kappa shape index (κ3) is 5.42. The number of nitro groups is 1. The van der Waals surface area contributed by atoms with Crippen molar-refractivity contribution < 1.29 is 14.5 Å². The molecule has 1 N–H and O–H groups in total. The summed E-state index contributed by atoms with van der Waals surface area (Å²) in [4.78, 5) is 21.8. The summed E-state index contributed by atoms with van der Waals surface area (Å²) in [6.07, 6.45) is 2.04. The molecule has 0 aliphatic heterocycles. The van der Waals surface area contributed by atoms with Gasteiger partial charge in [-0.25, -0.2) is 0 Å². The largest absolute Gasteiger partial charge is 0.385 e. The molecule has 1 aromatic rings. The molecule has 0 unspecified atom stereocenters. The van der Waals surface area contributed by atoms with Crippen molar-refractivity contribution in [2.24, 2.45) is 0 Å². The quantitative estimate of drug-likeness (QED) is 0.270. The van der Waals surface area contributed by atoms with E-state index in [4.69, 9.17) is 10.00 Å². The van der Waals surface area contributed by atoms with E-state index in [0.717, 1.165) is 0 Å². The molecule has 0 spiro atoms. The molecule has 0 saturated heterocycles. The van der Waals surface area contributed by atoms with E-state index in [2.05, 4.69) is 5.32 Å². The molecule has 1 aromatic carbocycles. The molecule has 1 rings (SSSR count). The van der Waals surface area contributed by atoms with Gasteiger partial charge < -0.3 is 10.1 Å². The SMILES string of the molecule is COCCCNC(=O)/C(C#N)=C\c1ccc([N+](=O)[O-])cc1. The van der Waals surface area contributed by atoms with Crippen molar-refractivity contribution in [1.82, 2.24) is 5.32 Å². The lowest BCUT2D eigenvalue weighted by Gasteiger charge is -2.03. The van der Waals surface area contributed by atoms with Crippen LogP contribution in [-0.2, 0) is 9.53 Å². The molecule has 0 saturated carbocycles. The topological polar surface area (TPSA) is 105 Å². The van der Waals surface area contributed by atoms with Crippen LogP contribution in [0.5, 0.6) is 0 Å². The predicted octanol–water partition coefficient (Wildman–Crippen LogP) is 1.65. The second kappa shape index (κ2) is 8.45. The number of carbonyl (C=O) groups is 1. The zero-order valence-electron chi connectivity index (χ0n) is 11.5. The van der Waals surface area contributed by atoms with E-state index in [1.165, 1.54) is 30.3 Å². The number of ether oxygens (including phenoxy) is 1. The summed E-state index contributed by atoms with van der Waals surface area (Å²) in [6.45, 7) is 0.931. The van der Waals surface area contributed by atoms with Crippen LogP contribution < -0.4 is 5.32 Å². The number of benzene rings is 1. The van der Waals surface area contributed by atoms with E-state index in [-0.39, 0.29) is 11.3 Å². The number of rotatable bonds is 7. The van der Waals surface area contributed by atoms with E-state index >= 15 is 0 Å². The van der Waals surface area contributed by atoms with Crippen LogP contribution >= 0.6 is 0 Å². The maximum absolute atomic E-state index is 11.8. The molecule has 0 fully saturated rings. The van der Waals surface area contributed by atoms with Crippen LogP contribution in [-0.4, -0.2) is 31.1 Å². The van der Waals surface area contributed by atoms with Crippen molar-refractivity contribution >= 4 is 17.7 Å². The van der Waals surface area contributed by atoms with Gasteiger partial charge in [0, 0.05) is 32.4 Å². The van der Waals surface area contributed by atoms with Crippen molar-refractivity contribution in [3.05, 3.63) is 45.5 Å². The minimum atomic E-state index is -0.513. The lowest BCUT2D eigenvalue weighted by molar-refractivity contribution is -0.384. The lowest BCUT2D eigenvalue weighted by atomic mass is 10.1. The fourth-order valence-corrected chi connectivity index (χ4v) is 1.52. The van der Waals surface area contributed by atoms with E-state index in [0.29, 0.717) is 25.1 Å². The van der Waals surface area contributed by atoms with Gasteiger partial charge in [0.05, 0.1) is 4.92 Å². The van der Waals surface area contributed by atoms with Crippen molar-refractivity contribution in [3.8, 4) is 6.07 Å². The number of methoxy groups -OCH3 is 1. The number of nitriles is 1. The van der Waals surface area contributed by atoms with E-state index < -0.39 is 10.8 Å². The lowest BCUT2D eigenvalue weighted by Crippen LogP contribution is -2.26. The normalized spacial score (nSPS) is 10.8. The van der Waals surface area contributed by atoms with Gasteiger partial charge in [-0.2, -0.15) is 5.26 Å². The van der Waals surface area contributed by atoms with Gasteiger partial charge in [-0.15, -0.1) is 0 Å². The molecule has 110 valence electrons. The van der Waals surface area contributed by atoms with Crippen LogP contribution in [0.2, 0.25) is 0 Å². The fraction of sp³-hybridized carbons (Fsp3) is 0.286. The number of amides is 1. The first kappa shape index (κ1) is 16.3. The highest BCUT2D eigenvalue weighted by atomic mass is 16.6. The maximum atomic E-state index is 11.8. The van der Waals surface area contributed by atoms with Gasteiger partial charge in [-0.3, -0.25) is 14.9 Å². The van der Waals surface area contributed by atoms with Gasteiger partial charge in [0.15, 0.2) is 0 Å². The molecular formula is C14H15N3O4. The number of nitrogens with one attached hydrogen (secondary N) is 1. The second-order valence-electron chi connectivity index (χ2n) is 4.12. The third-order valence-corrected chi connectivity index (χ3v) is 2.59. The van der Waals surface area contributed by atoms with Crippen LogP contribution in [0.3, 0.4) is 0 Å². The summed E-state index contributed by atoms with van der Waals surface area (Å²) in [7, 11) is 1.57. The first-order chi connectivity index (χ1) is 10.1. The summed E-state index contributed by atoms with van der Waals surface area (Å²) in [5.74, 6) is -0.480. The molecule has 0 aliphatic carbocycles. The molecular weight excluding hydrogens is 274 g/mol. The molecule has 7 nitrogen and oxygen atoms in total. The van der Waals surface area contributed by atoms with Gasteiger partial charge >= 0.3 is 0 Å². The molecule has 0 bridgehead atoms. The Morgan fingerprint density at radius 3 is 2.67 bits per heavy atom. The predicted molar refractivity (Wildman–Crippen MR) is 76.2 cm³/mol. The Kier molecular flexibility index (Phi) is 6.57. The molecule has 21 heavy (non-hydrogen) atoms. The van der Waals surface area contributed by atoms with Crippen molar-refractivity contribution in [2.75, 3.05) is 20.3 Å². The third-order valence-electron chi connectivity index (χ3n) is 2.59. The van der Waals surface area contributed by atoms with Crippen molar-refractivity contribution in [3.63, 3.8) is 0 Å². The Labute approximate surface area is 122 Å². The summed E-state index contributed by atoms with van der Waals surface area (Å²) in [5.41, 5.74) is 0.445. The Hall–Kier alpha value is -2.72. The number of nitro benzene ring substituents is 1. The van der Waals surface area contributed by atoms with E-state index in [1.54, 1.807) is 7.11 Å². The van der Waals surface area contributed by atoms with Crippen molar-refractivity contribution in [1.29, 1.82) is 5.26 Å². The van der Waals surface area contributed by atoms with Crippen LogP contribution in [0.1, 0.15) is 12.0 Å². The standard InChI is InChI=1S/C14H15N3O4/c1-21-8-2-7-16-14(18)12(10-15)9-11-3-5-13(6-4-11)17(19)20/h3-6,9H,2,7-8H2,1H3,(H,16,18)/b12-9-. The van der Waals surface area contributed by atoms with Gasteiger partial charge in [0.25, 0.3) is 11.6 Å². The highest BCUT2D eigenvalue weighted by Gasteiger charge is 2.09. The van der Waals surface area contributed by atoms with Crippen molar-refractivity contribution in [2.45, 2.75) is 6.42 Å². The summed E-state index contributed by atoms with van der Waals surface area (Å²) >= 11 is 0. The minimum Gasteiger partial charge on any atom is -0.385 e. The zero-order valence-corrected chi connectivity index (χ0v) is 11.5. The molecule has 0 atom stereocenters. The van der Waals surface area contributed by atoms with E-state index in [9.17, 15) is 14.9 Å². The highest BCUT2D eigenvalue weighted by Crippen LogP contribution is 2.14. The van der Waals surface area contributed by atoms with Gasteiger partial charge in [-0.05, 0) is 30.2 Å². The molecule has 0 radical (unpaired) electrons. The first-order valence-corrected chi connectivity index (χ1v) is 6.22. The van der Waals surface area contributed by atoms with Gasteiger partial charge in [0.2, 0.25) is 0 Å². The summed E-state index contributed by atoms with van der Waals surface area (Å²) in [6, 6.07) is 7.41. The minimum absolute atomic E-state index is 0.0466. The number of hydrogen-bond donors (Lipinski definition) is 1. The van der Waals surface area contributed by atoms with Crippen LogP contribution in [0.15, 0.2) is 29.8 Å². The van der Waals surface area contributed by atoms with Crippen LogP contribution in [0, 0.1) is 21.4 Å². The number of non-ortho nitro benzene ring substituents is 1. The molecule has 0 aromatic heterocycles.